The predicted molar refractivity (Wildman–Crippen MR) is 41.5 cm³/mol. The highest BCUT2D eigenvalue weighted by atomic mass is 16.4. The molecule has 0 aliphatic carbocycles. The predicted octanol–water partition coefficient (Wildman–Crippen LogP) is -0.881. The number of carboxylic acids is 1. The Kier molecular flexibility index (Phi) is 4.55. The molecular formula is C8H5NO3. The van der Waals surface area contributed by atoms with Crippen LogP contribution in [0.25, 0.3) is 0 Å². The van der Waals surface area contributed by atoms with E-state index in [1.807, 2.05) is 5.92 Å². The van der Waals surface area contributed by atoms with Gasteiger partial charge in [0.05, 0.1) is 0 Å². The van der Waals surface area contributed by atoms with E-state index in [0.29, 0.717) is 0 Å². The zero-order chi connectivity index (χ0) is 9.40. The smallest absolute Gasteiger partial charge is 0.328 e. The van der Waals surface area contributed by atoms with Crippen molar-refractivity contribution in [3.8, 4) is 23.7 Å². The summed E-state index contributed by atoms with van der Waals surface area (Å²) in [5.74, 6) is 6.72. The summed E-state index contributed by atoms with van der Waals surface area (Å²) >= 11 is 0. The Morgan fingerprint density at radius 2 is 2.00 bits per heavy atom. The summed E-state index contributed by atoms with van der Waals surface area (Å²) in [5.41, 5.74) is 4.66. The highest BCUT2D eigenvalue weighted by Gasteiger charge is 1.79. The molecule has 3 N–H and O–H groups in total. The van der Waals surface area contributed by atoms with Crippen LogP contribution in [-0.2, 0) is 9.59 Å². The molecule has 0 unspecified atom stereocenters. The Morgan fingerprint density at radius 1 is 1.33 bits per heavy atom. The van der Waals surface area contributed by atoms with E-state index in [1.54, 1.807) is 0 Å². The van der Waals surface area contributed by atoms with Crippen molar-refractivity contribution < 1.29 is 14.7 Å². The fourth-order valence-corrected chi connectivity index (χ4v) is 0.284. The second-order valence-corrected chi connectivity index (χ2v) is 1.56. The lowest BCUT2D eigenvalue weighted by atomic mass is 10.4. The molecule has 0 aliphatic rings. The van der Waals surface area contributed by atoms with Crippen molar-refractivity contribution in [2.75, 3.05) is 0 Å². The van der Waals surface area contributed by atoms with Crippen molar-refractivity contribution in [1.82, 2.24) is 0 Å². The fraction of sp³-hybridized carbons (Fsp3) is 0. The summed E-state index contributed by atoms with van der Waals surface area (Å²) in [5, 5.41) is 8.09. The number of allylic oxidation sites excluding steroid dienone is 1. The first-order valence-electron chi connectivity index (χ1n) is 2.83. The molecule has 0 spiro atoms. The van der Waals surface area contributed by atoms with Gasteiger partial charge in [0.1, 0.15) is 0 Å². The van der Waals surface area contributed by atoms with Gasteiger partial charge in [-0.3, -0.25) is 4.79 Å². The number of hydrogen-bond acceptors (Lipinski definition) is 2. The first kappa shape index (κ1) is 9.80. The Morgan fingerprint density at radius 3 is 2.50 bits per heavy atom. The minimum Gasteiger partial charge on any atom is -0.478 e. The van der Waals surface area contributed by atoms with E-state index in [2.05, 4.69) is 23.5 Å². The highest BCUT2D eigenvalue weighted by Crippen LogP contribution is 1.68. The monoisotopic (exact) mass is 163 g/mol. The summed E-state index contributed by atoms with van der Waals surface area (Å²) < 4.78 is 0. The minimum atomic E-state index is -1.09. The van der Waals surface area contributed by atoms with Crippen LogP contribution < -0.4 is 5.73 Å². The molecular weight excluding hydrogens is 158 g/mol. The van der Waals surface area contributed by atoms with Gasteiger partial charge in [0, 0.05) is 12.0 Å². The minimum absolute atomic E-state index is 0.772. The molecule has 0 aromatic carbocycles. The average molecular weight is 163 g/mol. The standard InChI is InChI=1S/C8H5NO3/c9-7(10)5-3-1-2-4-6-8(11)12/h4,6H,(H2,9,10)(H,11,12)/b6-4+. The number of nitrogens with two attached hydrogens (primary N) is 1. The van der Waals surface area contributed by atoms with Crippen molar-refractivity contribution in [3.63, 3.8) is 0 Å². The third-order valence-electron chi connectivity index (χ3n) is 0.630. The Balaban J connectivity index is 4.02. The van der Waals surface area contributed by atoms with Gasteiger partial charge in [-0.05, 0) is 17.9 Å². The number of hydrogen-bond donors (Lipinski definition) is 2. The van der Waals surface area contributed by atoms with Gasteiger partial charge >= 0.3 is 5.97 Å². The molecule has 4 heteroatoms. The summed E-state index contributed by atoms with van der Waals surface area (Å²) in [6.07, 6.45) is 1.97. The van der Waals surface area contributed by atoms with Crippen LogP contribution in [-0.4, -0.2) is 17.0 Å². The molecule has 12 heavy (non-hydrogen) atoms. The maximum atomic E-state index is 10.0. The summed E-state index contributed by atoms with van der Waals surface area (Å²) in [6, 6.07) is 0. The molecule has 0 fully saturated rings. The topological polar surface area (TPSA) is 80.4 Å². The molecule has 0 aliphatic heterocycles. The third-order valence-corrected chi connectivity index (χ3v) is 0.630. The third kappa shape index (κ3) is 7.80. The molecule has 0 saturated heterocycles. The van der Waals surface area contributed by atoms with Gasteiger partial charge in [-0.15, -0.1) is 0 Å². The highest BCUT2D eigenvalue weighted by molar-refractivity contribution is 5.92. The summed E-state index contributed by atoms with van der Waals surface area (Å²) in [7, 11) is 0. The van der Waals surface area contributed by atoms with Crippen LogP contribution in [0.15, 0.2) is 12.2 Å². The molecule has 0 radical (unpaired) electrons. The molecule has 0 heterocycles. The zero-order valence-corrected chi connectivity index (χ0v) is 6.00. The van der Waals surface area contributed by atoms with Gasteiger partial charge in [-0.1, -0.05) is 5.92 Å². The van der Waals surface area contributed by atoms with Crippen LogP contribution in [0.2, 0.25) is 0 Å². The van der Waals surface area contributed by atoms with Crippen LogP contribution in [0, 0.1) is 23.7 Å². The molecule has 0 atom stereocenters. The number of amides is 1. The number of carboxylic acid groups (broad SMARTS) is 1. The maximum absolute atomic E-state index is 10.0. The lowest BCUT2D eigenvalue weighted by Gasteiger charge is -1.70. The number of rotatable bonds is 1. The van der Waals surface area contributed by atoms with E-state index < -0.39 is 11.9 Å². The van der Waals surface area contributed by atoms with Gasteiger partial charge in [0.25, 0.3) is 5.91 Å². The van der Waals surface area contributed by atoms with Crippen molar-refractivity contribution >= 4 is 11.9 Å². The molecule has 1 amide bonds. The van der Waals surface area contributed by atoms with Gasteiger partial charge in [-0.2, -0.15) is 0 Å². The van der Waals surface area contributed by atoms with Crippen molar-refractivity contribution in [1.29, 1.82) is 0 Å². The molecule has 0 aromatic heterocycles. The molecule has 0 bridgehead atoms. The SMILES string of the molecule is NC(=O)C#CC#C/C=C/C(=O)O. The second-order valence-electron chi connectivity index (χ2n) is 1.56. The van der Waals surface area contributed by atoms with E-state index in [1.165, 1.54) is 0 Å². The number of carbonyl (C=O) groups is 2. The average Bonchev–Trinajstić information content (AvgIpc) is 1.95. The maximum Gasteiger partial charge on any atom is 0.328 e. The Bertz CT molecular complexity index is 333. The molecule has 4 nitrogen and oxygen atoms in total. The lowest BCUT2D eigenvalue weighted by Crippen LogP contribution is -2.05. The van der Waals surface area contributed by atoms with E-state index in [0.717, 1.165) is 12.2 Å². The molecule has 0 rings (SSSR count). The summed E-state index contributed by atoms with van der Waals surface area (Å²) in [4.78, 5) is 19.9. The van der Waals surface area contributed by atoms with Crippen LogP contribution in [0.4, 0.5) is 0 Å². The number of primary amides is 1. The largest absolute Gasteiger partial charge is 0.478 e. The first-order chi connectivity index (χ1) is 5.63. The summed E-state index contributed by atoms with van der Waals surface area (Å²) in [6.45, 7) is 0. The van der Waals surface area contributed by atoms with Crippen molar-refractivity contribution in [2.24, 2.45) is 5.73 Å². The van der Waals surface area contributed by atoms with Crippen molar-refractivity contribution in [3.05, 3.63) is 12.2 Å². The molecule has 60 valence electrons. The number of aliphatic carboxylic acids is 1. The fourth-order valence-electron chi connectivity index (χ4n) is 0.284. The number of carbonyl (C=O) groups excluding carboxylic acids is 1. The van der Waals surface area contributed by atoms with Gasteiger partial charge < -0.3 is 10.8 Å². The van der Waals surface area contributed by atoms with Crippen LogP contribution in [0.1, 0.15) is 0 Å². The van der Waals surface area contributed by atoms with Crippen LogP contribution in [0.3, 0.4) is 0 Å². The zero-order valence-electron chi connectivity index (χ0n) is 6.00. The quantitative estimate of drug-likeness (QED) is 0.389. The Labute approximate surface area is 69.1 Å². The van der Waals surface area contributed by atoms with Gasteiger partial charge in [0.2, 0.25) is 0 Å². The first-order valence-corrected chi connectivity index (χ1v) is 2.83. The molecule has 0 aromatic rings. The van der Waals surface area contributed by atoms with Crippen LogP contribution in [0.5, 0.6) is 0 Å². The second kappa shape index (κ2) is 5.57. The normalized spacial score (nSPS) is 7.67. The van der Waals surface area contributed by atoms with E-state index in [4.69, 9.17) is 5.11 Å². The molecule has 0 saturated carbocycles. The van der Waals surface area contributed by atoms with E-state index >= 15 is 0 Å². The van der Waals surface area contributed by atoms with E-state index in [-0.39, 0.29) is 0 Å². The van der Waals surface area contributed by atoms with E-state index in [9.17, 15) is 9.59 Å². The van der Waals surface area contributed by atoms with Crippen LogP contribution >= 0.6 is 0 Å². The van der Waals surface area contributed by atoms with Gasteiger partial charge in [0.15, 0.2) is 0 Å². The lowest BCUT2D eigenvalue weighted by molar-refractivity contribution is -0.131. The van der Waals surface area contributed by atoms with Gasteiger partial charge in [-0.25, -0.2) is 4.79 Å². The van der Waals surface area contributed by atoms with Crippen molar-refractivity contribution in [2.45, 2.75) is 0 Å². The Hall–Kier alpha value is -2.20.